The Kier molecular flexibility index (Phi) is 11.2. The average molecular weight is 681 g/mol. The van der Waals surface area contributed by atoms with Gasteiger partial charge in [0.1, 0.15) is 28.7 Å². The van der Waals surface area contributed by atoms with Crippen molar-refractivity contribution in [3.63, 3.8) is 0 Å². The van der Waals surface area contributed by atoms with Crippen LogP contribution in [0.15, 0.2) is 121 Å². The summed E-state index contributed by atoms with van der Waals surface area (Å²) in [6, 6.07) is 34.3. The molecule has 1 saturated carbocycles. The highest BCUT2D eigenvalue weighted by atomic mass is 16.6. The van der Waals surface area contributed by atoms with E-state index in [1.54, 1.807) is 128 Å². The van der Waals surface area contributed by atoms with E-state index in [1.165, 1.54) is 28.8 Å². The summed E-state index contributed by atoms with van der Waals surface area (Å²) in [6.45, 7) is -0.107. The molecule has 50 heavy (non-hydrogen) atoms. The van der Waals surface area contributed by atoms with Crippen molar-refractivity contribution in [3.05, 3.63) is 121 Å². The zero-order valence-electron chi connectivity index (χ0n) is 28.2. The zero-order chi connectivity index (χ0) is 35.6. The fraction of sp³-hybridized carbons (Fsp3) is 0.263. The summed E-state index contributed by atoms with van der Waals surface area (Å²) in [4.78, 5) is 58.7. The van der Waals surface area contributed by atoms with Gasteiger partial charge in [0, 0.05) is 34.1 Å². The van der Waals surface area contributed by atoms with E-state index in [2.05, 4.69) is 5.32 Å². The second-order valence-corrected chi connectivity index (χ2v) is 12.0. The van der Waals surface area contributed by atoms with Gasteiger partial charge >= 0.3 is 24.4 Å². The quantitative estimate of drug-likeness (QED) is 0.184. The Labute approximate surface area is 291 Å². The van der Waals surface area contributed by atoms with Crippen LogP contribution in [-0.4, -0.2) is 78.0 Å². The molecular formula is C38H40N4O8. The number of nitrogens with one attached hydrogen (secondary N) is 1. The van der Waals surface area contributed by atoms with E-state index in [9.17, 15) is 19.2 Å². The molecule has 0 heterocycles. The third-order valence-corrected chi connectivity index (χ3v) is 8.97. The lowest BCUT2D eigenvalue weighted by Gasteiger charge is -2.56. The molecule has 4 amide bonds. The number of carbonyl (C=O) groups is 4. The number of carbonyl (C=O) groups excluding carboxylic acids is 4. The predicted molar refractivity (Wildman–Crippen MR) is 185 cm³/mol. The summed E-state index contributed by atoms with van der Waals surface area (Å²) in [5.41, 5.74) is -2.62. The third kappa shape index (κ3) is 8.32. The molecule has 1 unspecified atom stereocenters. The molecule has 4 aromatic rings. The molecule has 0 radical (unpaired) electrons. The van der Waals surface area contributed by atoms with Gasteiger partial charge in [-0.25, -0.2) is 19.2 Å². The van der Waals surface area contributed by atoms with Crippen molar-refractivity contribution in [1.29, 1.82) is 0 Å². The molecule has 4 aromatic carbocycles. The maximum atomic E-state index is 13.9. The standard InChI is InChI=1S/C38H40N4O8/c1-40(34(44)48-30-19-10-5-11-20-30)37(28-39-33(43)47-29-17-8-4-9-18-29)25-16-26-38(27-37,41(2)35(45)49-31-21-12-6-13-22-31)42(3)36(46)50-32-23-14-7-15-24-32/h4-15,17-24H,16,25-28H2,1-3H3,(H,39,43). The highest BCUT2D eigenvalue weighted by molar-refractivity contribution is 5.76. The first-order valence-corrected chi connectivity index (χ1v) is 16.1. The summed E-state index contributed by atoms with van der Waals surface area (Å²) in [7, 11) is 4.64. The smallest absolute Gasteiger partial charge is 0.410 e. The minimum atomic E-state index is -1.41. The van der Waals surface area contributed by atoms with Crippen molar-refractivity contribution >= 4 is 24.4 Å². The van der Waals surface area contributed by atoms with Gasteiger partial charge in [0.15, 0.2) is 0 Å². The third-order valence-electron chi connectivity index (χ3n) is 8.97. The molecule has 0 aliphatic heterocycles. The van der Waals surface area contributed by atoms with E-state index in [4.69, 9.17) is 18.9 Å². The molecule has 0 aromatic heterocycles. The summed E-state index contributed by atoms with van der Waals surface area (Å²) in [6.07, 6.45) is -1.85. The first-order chi connectivity index (χ1) is 24.1. The first-order valence-electron chi connectivity index (χ1n) is 16.1. The topological polar surface area (TPSA) is 127 Å². The van der Waals surface area contributed by atoms with E-state index >= 15 is 0 Å². The molecule has 12 nitrogen and oxygen atoms in total. The number of likely N-dealkylation sites (N-methyl/N-ethyl adjacent to an activating group) is 1. The fourth-order valence-corrected chi connectivity index (χ4v) is 6.13. The van der Waals surface area contributed by atoms with Crippen molar-refractivity contribution in [3.8, 4) is 23.0 Å². The SMILES string of the molecule is CN(C(=O)Oc1ccccc1)C1(CNC(=O)Oc2ccccc2)CCCC(N(C)C(=O)Oc2ccccc2)(N(C)C(=O)Oc2ccccc2)C1. The van der Waals surface area contributed by atoms with E-state index in [1.807, 2.05) is 0 Å². The zero-order valence-corrected chi connectivity index (χ0v) is 28.2. The molecule has 5 rings (SSSR count). The van der Waals surface area contributed by atoms with Crippen LogP contribution in [0, 0.1) is 0 Å². The van der Waals surface area contributed by atoms with Crippen LogP contribution in [0.3, 0.4) is 0 Å². The average Bonchev–Trinajstić information content (AvgIpc) is 3.14. The first kappa shape index (κ1) is 35.3. The molecular weight excluding hydrogens is 640 g/mol. The second-order valence-electron chi connectivity index (χ2n) is 12.0. The maximum Gasteiger partial charge on any atom is 0.416 e. The van der Waals surface area contributed by atoms with Gasteiger partial charge in [-0.2, -0.15) is 0 Å². The maximum absolute atomic E-state index is 13.9. The number of nitrogens with zero attached hydrogens (tertiary/aromatic N) is 3. The summed E-state index contributed by atoms with van der Waals surface area (Å²) in [5.74, 6) is 1.28. The van der Waals surface area contributed by atoms with Crippen LogP contribution in [-0.2, 0) is 0 Å². The van der Waals surface area contributed by atoms with Crippen molar-refractivity contribution in [2.24, 2.45) is 0 Å². The lowest BCUT2D eigenvalue weighted by atomic mass is 9.73. The van der Waals surface area contributed by atoms with Gasteiger partial charge < -0.3 is 29.2 Å². The van der Waals surface area contributed by atoms with Crippen molar-refractivity contribution in [2.75, 3.05) is 27.7 Å². The van der Waals surface area contributed by atoms with Crippen molar-refractivity contribution in [2.45, 2.75) is 36.9 Å². The predicted octanol–water partition coefficient (Wildman–Crippen LogP) is 7.18. The van der Waals surface area contributed by atoms with Crippen LogP contribution < -0.4 is 24.3 Å². The number of benzene rings is 4. The number of ether oxygens (including phenoxy) is 4. The molecule has 0 spiro atoms. The van der Waals surface area contributed by atoms with Crippen LogP contribution in [0.1, 0.15) is 25.7 Å². The molecule has 1 aliphatic rings. The van der Waals surface area contributed by atoms with Gasteiger partial charge in [-0.05, 0) is 67.8 Å². The summed E-state index contributed by atoms with van der Waals surface area (Å²) >= 11 is 0. The molecule has 1 aliphatic carbocycles. The summed E-state index contributed by atoms with van der Waals surface area (Å²) < 4.78 is 22.7. The van der Waals surface area contributed by atoms with Gasteiger partial charge in [0.2, 0.25) is 0 Å². The Morgan fingerprint density at radius 2 is 0.900 bits per heavy atom. The molecule has 12 heteroatoms. The largest absolute Gasteiger partial charge is 0.416 e. The minimum Gasteiger partial charge on any atom is -0.410 e. The number of amides is 4. The molecule has 0 saturated heterocycles. The van der Waals surface area contributed by atoms with Crippen LogP contribution in [0.4, 0.5) is 19.2 Å². The van der Waals surface area contributed by atoms with Gasteiger partial charge in [0.05, 0.1) is 5.54 Å². The van der Waals surface area contributed by atoms with E-state index < -0.39 is 35.6 Å². The number of hydrogen-bond acceptors (Lipinski definition) is 8. The minimum absolute atomic E-state index is 0.0210. The Morgan fingerprint density at radius 3 is 1.30 bits per heavy atom. The Morgan fingerprint density at radius 1 is 0.540 bits per heavy atom. The second kappa shape index (κ2) is 15.9. The van der Waals surface area contributed by atoms with Gasteiger partial charge in [0.25, 0.3) is 0 Å². The van der Waals surface area contributed by atoms with Crippen molar-refractivity contribution in [1.82, 2.24) is 20.0 Å². The molecule has 260 valence electrons. The van der Waals surface area contributed by atoms with Crippen LogP contribution in [0.2, 0.25) is 0 Å². The van der Waals surface area contributed by atoms with Crippen LogP contribution in [0.5, 0.6) is 23.0 Å². The van der Waals surface area contributed by atoms with Crippen LogP contribution >= 0.6 is 0 Å². The molecule has 0 bridgehead atoms. The van der Waals surface area contributed by atoms with E-state index in [0.717, 1.165) is 0 Å². The van der Waals surface area contributed by atoms with E-state index in [0.29, 0.717) is 42.3 Å². The normalized spacial score (nSPS) is 16.2. The lowest BCUT2D eigenvalue weighted by molar-refractivity contribution is -0.0740. The highest BCUT2D eigenvalue weighted by Crippen LogP contribution is 2.44. The van der Waals surface area contributed by atoms with Gasteiger partial charge in [-0.15, -0.1) is 0 Å². The van der Waals surface area contributed by atoms with E-state index in [-0.39, 0.29) is 13.0 Å². The number of hydrogen-bond donors (Lipinski definition) is 1. The number of para-hydroxylation sites is 4. The molecule has 1 atom stereocenters. The monoisotopic (exact) mass is 680 g/mol. The van der Waals surface area contributed by atoms with Crippen molar-refractivity contribution < 1.29 is 38.1 Å². The molecule has 1 N–H and O–H groups in total. The summed E-state index contributed by atoms with van der Waals surface area (Å²) in [5, 5.41) is 2.82. The number of rotatable bonds is 9. The Balaban J connectivity index is 1.51. The van der Waals surface area contributed by atoms with Gasteiger partial charge in [-0.3, -0.25) is 9.80 Å². The van der Waals surface area contributed by atoms with Gasteiger partial charge in [-0.1, -0.05) is 72.8 Å². The molecule has 1 fully saturated rings. The Hall–Kier alpha value is -6.04. The fourth-order valence-electron chi connectivity index (χ4n) is 6.13. The lowest BCUT2D eigenvalue weighted by Crippen LogP contribution is -2.71. The Bertz CT molecular complexity index is 1680. The highest BCUT2D eigenvalue weighted by Gasteiger charge is 2.56. The van der Waals surface area contributed by atoms with Crippen LogP contribution in [0.25, 0.3) is 0 Å².